The van der Waals surface area contributed by atoms with Gasteiger partial charge in [0.1, 0.15) is 11.8 Å². The lowest BCUT2D eigenvalue weighted by molar-refractivity contribution is -0.145. The lowest BCUT2D eigenvalue weighted by atomic mass is 10.0. The third kappa shape index (κ3) is 4.34. The van der Waals surface area contributed by atoms with Crippen LogP contribution in [-0.2, 0) is 16.1 Å². The number of nitrogens with one attached hydrogen (secondary N) is 1. The molecule has 5 heteroatoms. The molecule has 24 heavy (non-hydrogen) atoms. The Morgan fingerprint density at radius 3 is 2.38 bits per heavy atom. The van der Waals surface area contributed by atoms with E-state index in [1.165, 1.54) is 7.11 Å². The Labute approximate surface area is 142 Å². The normalized spacial score (nSPS) is 13.2. The van der Waals surface area contributed by atoms with Crippen LogP contribution in [0.4, 0.5) is 0 Å². The van der Waals surface area contributed by atoms with Gasteiger partial charge in [-0.25, -0.2) is 0 Å². The van der Waals surface area contributed by atoms with Crippen molar-refractivity contribution in [2.24, 2.45) is 0 Å². The summed E-state index contributed by atoms with van der Waals surface area (Å²) in [6.07, 6.45) is -0.828. The van der Waals surface area contributed by atoms with Crippen LogP contribution in [0.1, 0.15) is 12.5 Å². The number of carbonyl (C=O) groups is 1. The second-order valence-electron chi connectivity index (χ2n) is 5.52. The predicted octanol–water partition coefficient (Wildman–Crippen LogP) is 2.37. The lowest BCUT2D eigenvalue weighted by Gasteiger charge is -2.19. The monoisotopic (exact) mass is 329 g/mol. The number of esters is 1. The van der Waals surface area contributed by atoms with Gasteiger partial charge in [-0.2, -0.15) is 0 Å². The Balaban J connectivity index is 2.08. The molecule has 0 spiro atoms. The zero-order valence-corrected chi connectivity index (χ0v) is 14.2. The third-order valence-electron chi connectivity index (χ3n) is 3.84. The molecule has 0 aliphatic carbocycles. The van der Waals surface area contributed by atoms with Crippen LogP contribution in [-0.4, -0.2) is 37.4 Å². The average Bonchev–Trinajstić information content (AvgIpc) is 2.61. The van der Waals surface area contributed by atoms with E-state index in [1.807, 2.05) is 48.5 Å². The SMILES string of the molecule is COC(=O)[C@H](NCc1ccc(-c2ccccc2OC)cc1)[C@@H](C)O. The Morgan fingerprint density at radius 2 is 1.79 bits per heavy atom. The van der Waals surface area contributed by atoms with Crippen LogP contribution >= 0.6 is 0 Å². The minimum atomic E-state index is -0.828. The molecule has 128 valence electrons. The summed E-state index contributed by atoms with van der Waals surface area (Å²) in [7, 11) is 2.96. The van der Waals surface area contributed by atoms with Crippen LogP contribution < -0.4 is 10.1 Å². The standard InChI is InChI=1S/C19H23NO4/c1-13(21)18(19(22)24-3)20-12-14-8-10-15(11-9-14)16-6-4-5-7-17(16)23-2/h4-11,13,18,20-21H,12H2,1-3H3/t13-,18-/m1/s1. The first-order valence-electron chi connectivity index (χ1n) is 7.78. The van der Waals surface area contributed by atoms with E-state index in [0.29, 0.717) is 6.54 Å². The molecule has 0 bridgehead atoms. The summed E-state index contributed by atoms with van der Waals surface area (Å²) in [5, 5.41) is 12.7. The Bertz CT molecular complexity index is 667. The van der Waals surface area contributed by atoms with Crippen LogP contribution in [0.2, 0.25) is 0 Å². The molecule has 0 fully saturated rings. The van der Waals surface area contributed by atoms with Gasteiger partial charge < -0.3 is 14.6 Å². The first-order valence-corrected chi connectivity index (χ1v) is 7.78. The van der Waals surface area contributed by atoms with Crippen LogP contribution in [0, 0.1) is 0 Å². The maximum atomic E-state index is 11.6. The number of methoxy groups -OCH3 is 2. The van der Waals surface area contributed by atoms with E-state index in [2.05, 4.69) is 10.1 Å². The van der Waals surface area contributed by atoms with Crippen molar-refractivity contribution in [2.75, 3.05) is 14.2 Å². The highest BCUT2D eigenvalue weighted by Crippen LogP contribution is 2.29. The summed E-state index contributed by atoms with van der Waals surface area (Å²) in [5.74, 6) is 0.346. The Morgan fingerprint density at radius 1 is 1.12 bits per heavy atom. The highest BCUT2D eigenvalue weighted by Gasteiger charge is 2.23. The smallest absolute Gasteiger partial charge is 0.325 e. The molecule has 2 rings (SSSR count). The number of aliphatic hydroxyl groups excluding tert-OH is 1. The van der Waals surface area contributed by atoms with Gasteiger partial charge >= 0.3 is 5.97 Å². The minimum absolute atomic E-state index is 0.455. The second-order valence-corrected chi connectivity index (χ2v) is 5.52. The molecule has 0 amide bonds. The number of carbonyl (C=O) groups excluding carboxylic acids is 1. The summed E-state index contributed by atoms with van der Waals surface area (Å²) in [6.45, 7) is 2.01. The Kier molecular flexibility index (Phi) is 6.35. The van der Waals surface area contributed by atoms with Gasteiger partial charge in [-0.1, -0.05) is 42.5 Å². The highest BCUT2D eigenvalue weighted by molar-refractivity contribution is 5.76. The fourth-order valence-electron chi connectivity index (χ4n) is 2.49. The average molecular weight is 329 g/mol. The first kappa shape index (κ1) is 18.0. The van der Waals surface area contributed by atoms with Crippen LogP contribution in [0.15, 0.2) is 48.5 Å². The van der Waals surface area contributed by atoms with Crippen molar-refractivity contribution in [3.8, 4) is 16.9 Å². The summed E-state index contributed by atoms with van der Waals surface area (Å²) >= 11 is 0. The molecule has 2 aromatic rings. The first-order chi connectivity index (χ1) is 11.6. The second kappa shape index (κ2) is 8.47. The van der Waals surface area contributed by atoms with Crippen LogP contribution in [0.5, 0.6) is 5.75 Å². The number of para-hydroxylation sites is 1. The van der Waals surface area contributed by atoms with E-state index in [9.17, 15) is 9.90 Å². The van der Waals surface area contributed by atoms with Gasteiger partial charge in [0, 0.05) is 12.1 Å². The molecule has 2 atom stereocenters. The van der Waals surface area contributed by atoms with E-state index in [1.54, 1.807) is 14.0 Å². The zero-order chi connectivity index (χ0) is 17.5. The quantitative estimate of drug-likeness (QED) is 0.764. The van der Waals surface area contributed by atoms with Crippen LogP contribution in [0.25, 0.3) is 11.1 Å². The molecule has 0 aliphatic heterocycles. The molecular weight excluding hydrogens is 306 g/mol. The highest BCUT2D eigenvalue weighted by atomic mass is 16.5. The van der Waals surface area contributed by atoms with Crippen molar-refractivity contribution < 1.29 is 19.4 Å². The summed E-state index contributed by atoms with van der Waals surface area (Å²) in [6, 6.07) is 15.1. The largest absolute Gasteiger partial charge is 0.496 e. The Hall–Kier alpha value is -2.37. The maximum absolute atomic E-state index is 11.6. The fourth-order valence-corrected chi connectivity index (χ4v) is 2.49. The van der Waals surface area contributed by atoms with Crippen molar-refractivity contribution in [1.29, 1.82) is 0 Å². The van der Waals surface area contributed by atoms with Crippen molar-refractivity contribution >= 4 is 5.97 Å². The van der Waals surface area contributed by atoms with E-state index >= 15 is 0 Å². The molecular formula is C19H23NO4. The van der Waals surface area contributed by atoms with E-state index in [0.717, 1.165) is 22.4 Å². The van der Waals surface area contributed by atoms with E-state index in [-0.39, 0.29) is 0 Å². The number of aliphatic hydroxyl groups is 1. The molecule has 0 radical (unpaired) electrons. The van der Waals surface area contributed by atoms with Gasteiger partial charge in [0.25, 0.3) is 0 Å². The van der Waals surface area contributed by atoms with Gasteiger partial charge in [-0.15, -0.1) is 0 Å². The summed E-state index contributed by atoms with van der Waals surface area (Å²) in [5.41, 5.74) is 3.08. The van der Waals surface area contributed by atoms with Gasteiger partial charge in [-0.05, 0) is 24.1 Å². The molecule has 2 aromatic carbocycles. The van der Waals surface area contributed by atoms with Gasteiger partial charge in [0.15, 0.2) is 0 Å². The number of hydrogen-bond donors (Lipinski definition) is 2. The van der Waals surface area contributed by atoms with E-state index < -0.39 is 18.1 Å². The maximum Gasteiger partial charge on any atom is 0.325 e. The number of benzene rings is 2. The lowest BCUT2D eigenvalue weighted by Crippen LogP contribution is -2.45. The van der Waals surface area contributed by atoms with Crippen molar-refractivity contribution in [3.63, 3.8) is 0 Å². The van der Waals surface area contributed by atoms with Gasteiger partial charge in [0.05, 0.1) is 20.3 Å². The predicted molar refractivity (Wildman–Crippen MR) is 92.8 cm³/mol. The van der Waals surface area contributed by atoms with Gasteiger partial charge in [0.2, 0.25) is 0 Å². The van der Waals surface area contributed by atoms with Crippen LogP contribution in [0.3, 0.4) is 0 Å². The minimum Gasteiger partial charge on any atom is -0.496 e. The molecule has 0 unspecified atom stereocenters. The van der Waals surface area contributed by atoms with Crippen molar-refractivity contribution in [2.45, 2.75) is 25.6 Å². The molecule has 5 nitrogen and oxygen atoms in total. The van der Waals surface area contributed by atoms with Crippen molar-refractivity contribution in [3.05, 3.63) is 54.1 Å². The number of hydrogen-bond acceptors (Lipinski definition) is 5. The molecule has 0 saturated heterocycles. The fraction of sp³-hybridized carbons (Fsp3) is 0.316. The van der Waals surface area contributed by atoms with Crippen molar-refractivity contribution in [1.82, 2.24) is 5.32 Å². The molecule has 2 N–H and O–H groups in total. The number of ether oxygens (including phenoxy) is 2. The molecule has 0 aromatic heterocycles. The summed E-state index contributed by atoms with van der Waals surface area (Å²) in [4.78, 5) is 11.6. The third-order valence-corrected chi connectivity index (χ3v) is 3.84. The molecule has 0 heterocycles. The molecule has 0 saturated carbocycles. The molecule has 0 aliphatic rings. The van der Waals surface area contributed by atoms with E-state index in [4.69, 9.17) is 4.74 Å². The number of rotatable bonds is 7. The van der Waals surface area contributed by atoms with Gasteiger partial charge in [-0.3, -0.25) is 10.1 Å². The zero-order valence-electron chi connectivity index (χ0n) is 14.2. The summed E-state index contributed by atoms with van der Waals surface area (Å²) < 4.78 is 10.1. The topological polar surface area (TPSA) is 67.8 Å².